The predicted octanol–water partition coefficient (Wildman–Crippen LogP) is 5.09. The van der Waals surface area contributed by atoms with Crippen molar-refractivity contribution in [1.29, 1.82) is 0 Å². The summed E-state index contributed by atoms with van der Waals surface area (Å²) in [7, 11) is -1.87. The lowest BCUT2D eigenvalue weighted by Crippen LogP contribution is -2.48. The van der Waals surface area contributed by atoms with E-state index >= 15 is 0 Å². The largest absolute Gasteiger partial charge is 0.530 e. The number of carbonyl (C=O) groups excluding carboxylic acids is 3. The quantitative estimate of drug-likeness (QED) is 0.211. The Kier molecular flexibility index (Phi) is 13.0. The monoisotopic (exact) mass is 704 g/mol. The van der Waals surface area contributed by atoms with E-state index in [1.807, 2.05) is 96.4 Å². The average Bonchev–Trinajstić information content (AvgIpc) is 3.16. The van der Waals surface area contributed by atoms with Gasteiger partial charge in [-0.05, 0) is 72.8 Å². The van der Waals surface area contributed by atoms with Gasteiger partial charge in [0.1, 0.15) is 17.2 Å². The first-order valence-electron chi connectivity index (χ1n) is 17.4. The van der Waals surface area contributed by atoms with Crippen LogP contribution in [0.15, 0.2) is 72.8 Å². The normalized spacial score (nSPS) is 16.4. The van der Waals surface area contributed by atoms with Gasteiger partial charge in [-0.25, -0.2) is 0 Å². The highest BCUT2D eigenvalue weighted by Crippen LogP contribution is 2.43. The van der Waals surface area contributed by atoms with Gasteiger partial charge in [-0.15, -0.1) is 0 Å². The van der Waals surface area contributed by atoms with Crippen molar-refractivity contribution in [1.82, 2.24) is 14.7 Å². The van der Waals surface area contributed by atoms with Gasteiger partial charge in [-0.2, -0.15) is 0 Å². The van der Waals surface area contributed by atoms with E-state index in [1.54, 1.807) is 18.7 Å². The second-order valence-electron chi connectivity index (χ2n) is 12.1. The summed E-state index contributed by atoms with van der Waals surface area (Å²) >= 11 is 0. The fourth-order valence-corrected chi connectivity index (χ4v) is 7.11. The Labute approximate surface area is 297 Å². The number of nitrogens with zero attached hydrogens (tertiary/aromatic N) is 6. The first-order valence-corrected chi connectivity index (χ1v) is 18.5. The van der Waals surface area contributed by atoms with Gasteiger partial charge >= 0.3 is 8.60 Å². The van der Waals surface area contributed by atoms with Crippen molar-refractivity contribution in [2.24, 2.45) is 0 Å². The summed E-state index contributed by atoms with van der Waals surface area (Å²) in [4.78, 5) is 46.9. The molecule has 268 valence electrons. The van der Waals surface area contributed by atoms with Crippen LogP contribution in [0.3, 0.4) is 0 Å². The molecule has 0 bridgehead atoms. The Morgan fingerprint density at radius 1 is 0.500 bits per heavy atom. The first kappa shape index (κ1) is 36.6. The van der Waals surface area contributed by atoms with Crippen LogP contribution in [0.1, 0.15) is 27.7 Å². The Bertz CT molecular complexity index is 1440. The van der Waals surface area contributed by atoms with E-state index in [9.17, 15) is 14.4 Å². The zero-order valence-corrected chi connectivity index (χ0v) is 30.5. The third-order valence-electron chi connectivity index (χ3n) is 9.06. The summed E-state index contributed by atoms with van der Waals surface area (Å²) in [6, 6.07) is 23.6. The average molecular weight is 705 g/mol. The van der Waals surface area contributed by atoms with Crippen molar-refractivity contribution in [3.8, 4) is 17.2 Å². The lowest BCUT2D eigenvalue weighted by atomic mass is 10.2. The number of hydrogen-bond acceptors (Lipinski definition) is 9. The van der Waals surface area contributed by atoms with Gasteiger partial charge < -0.3 is 43.0 Å². The van der Waals surface area contributed by atoms with Crippen LogP contribution in [0, 0.1) is 0 Å². The van der Waals surface area contributed by atoms with E-state index in [0.29, 0.717) is 56.5 Å². The Hall–Kier alpha value is -4.70. The van der Waals surface area contributed by atoms with Crippen molar-refractivity contribution in [2.75, 3.05) is 93.2 Å². The second-order valence-corrected chi connectivity index (χ2v) is 13.1. The van der Waals surface area contributed by atoms with Crippen LogP contribution in [0.4, 0.5) is 17.1 Å². The van der Waals surface area contributed by atoms with Gasteiger partial charge in [0.25, 0.3) is 0 Å². The zero-order chi connectivity index (χ0) is 35.5. The molecule has 0 N–H and O–H groups in total. The van der Waals surface area contributed by atoms with Crippen LogP contribution in [-0.2, 0) is 14.4 Å². The summed E-state index contributed by atoms with van der Waals surface area (Å²) in [5, 5.41) is 0. The first-order chi connectivity index (χ1) is 24.3. The SMILES string of the molecule is CC.CC(=O)N1CCN(c2ccc(OP(Oc3ccc(N4CCN(C=O)CC4)cc3)Oc3ccc(N4CCN(C(C)=O)CC4)cc3)cc2)CC1. The molecule has 0 aliphatic carbocycles. The predicted molar refractivity (Wildman–Crippen MR) is 198 cm³/mol. The van der Waals surface area contributed by atoms with Gasteiger partial charge in [0.05, 0.1) is 0 Å². The lowest BCUT2D eigenvalue weighted by molar-refractivity contribution is -0.129. The van der Waals surface area contributed by atoms with Gasteiger partial charge in [-0.3, -0.25) is 14.4 Å². The third kappa shape index (κ3) is 9.72. The van der Waals surface area contributed by atoms with Crippen LogP contribution in [0.5, 0.6) is 17.2 Å². The molecular formula is C37H49N6O6P. The van der Waals surface area contributed by atoms with Gasteiger partial charge in [-0.1, -0.05) is 13.8 Å². The Balaban J connectivity index is 0.00000239. The summed E-state index contributed by atoms with van der Waals surface area (Å²) in [5.74, 6) is 2.09. The molecule has 0 aromatic heterocycles. The molecule has 3 saturated heterocycles. The fourth-order valence-electron chi connectivity index (χ4n) is 6.11. The number of carbonyl (C=O) groups is 3. The maximum atomic E-state index is 11.7. The topological polar surface area (TPSA) is 98.3 Å². The van der Waals surface area contributed by atoms with Crippen LogP contribution in [-0.4, -0.2) is 111 Å². The molecular weight excluding hydrogens is 655 g/mol. The summed E-state index contributed by atoms with van der Waals surface area (Å²) in [6.07, 6.45) is 0.908. The molecule has 3 heterocycles. The van der Waals surface area contributed by atoms with Crippen LogP contribution < -0.4 is 28.3 Å². The van der Waals surface area contributed by atoms with Crippen molar-refractivity contribution >= 4 is 43.9 Å². The number of benzene rings is 3. The van der Waals surface area contributed by atoms with Gasteiger partial charge in [0.15, 0.2) is 0 Å². The summed E-state index contributed by atoms with van der Waals surface area (Å²) in [5.41, 5.74) is 3.21. The molecule has 13 heteroatoms. The van der Waals surface area contributed by atoms with Crippen molar-refractivity contribution < 1.29 is 28.0 Å². The van der Waals surface area contributed by atoms with Crippen LogP contribution in [0.2, 0.25) is 0 Å². The number of anilines is 3. The molecule has 0 radical (unpaired) electrons. The highest BCUT2D eigenvalue weighted by Gasteiger charge is 2.24. The van der Waals surface area contributed by atoms with E-state index in [-0.39, 0.29) is 11.8 Å². The number of rotatable bonds is 10. The summed E-state index contributed by atoms with van der Waals surface area (Å²) < 4.78 is 18.9. The molecule has 3 fully saturated rings. The minimum atomic E-state index is -1.87. The maximum Gasteiger partial charge on any atom is 0.530 e. The van der Waals surface area contributed by atoms with Gasteiger partial charge in [0.2, 0.25) is 18.2 Å². The van der Waals surface area contributed by atoms with Crippen LogP contribution in [0.25, 0.3) is 0 Å². The third-order valence-corrected chi connectivity index (χ3v) is 10.1. The highest BCUT2D eigenvalue weighted by molar-refractivity contribution is 7.43. The molecule has 50 heavy (non-hydrogen) atoms. The van der Waals surface area contributed by atoms with E-state index in [4.69, 9.17) is 13.6 Å². The number of amides is 3. The standard InChI is InChI=1S/C35H43N6O6P.C2H6/c1-28(43)37-19-23-40(24-20-37)31-5-11-34(12-6-31)46-48(45-33-9-3-30(4-10-33)39-17-15-36(27-42)16-18-39)47-35-13-7-32(8-14-35)41-25-21-38(22-26-41)29(2)44;1-2/h3-14,27H,15-26H2,1-2H3;1-2H3. The minimum absolute atomic E-state index is 0.112. The fraction of sp³-hybridized carbons (Fsp3) is 0.432. The molecule has 3 aliphatic heterocycles. The van der Waals surface area contributed by atoms with Crippen molar-refractivity contribution in [3.05, 3.63) is 72.8 Å². The second kappa shape index (κ2) is 17.8. The molecule has 3 aromatic rings. The van der Waals surface area contributed by atoms with E-state index in [2.05, 4.69) is 14.7 Å². The van der Waals surface area contributed by atoms with Crippen LogP contribution >= 0.6 is 8.60 Å². The molecule has 0 saturated carbocycles. The number of hydrogen-bond donors (Lipinski definition) is 0. The molecule has 3 aromatic carbocycles. The van der Waals surface area contributed by atoms with E-state index in [1.165, 1.54) is 0 Å². The molecule has 0 spiro atoms. The smallest absolute Gasteiger partial charge is 0.409 e. The summed E-state index contributed by atoms with van der Waals surface area (Å²) in [6.45, 7) is 16.2. The van der Waals surface area contributed by atoms with Crippen molar-refractivity contribution in [2.45, 2.75) is 27.7 Å². The highest BCUT2D eigenvalue weighted by atomic mass is 31.2. The van der Waals surface area contributed by atoms with Gasteiger partial charge in [0, 0.05) is 109 Å². The zero-order valence-electron chi connectivity index (χ0n) is 29.6. The molecule has 6 rings (SSSR count). The molecule has 3 amide bonds. The molecule has 12 nitrogen and oxygen atoms in total. The molecule has 0 unspecified atom stereocenters. The van der Waals surface area contributed by atoms with Crippen molar-refractivity contribution in [3.63, 3.8) is 0 Å². The van der Waals surface area contributed by atoms with E-state index in [0.717, 1.165) is 62.7 Å². The Morgan fingerprint density at radius 2 is 0.780 bits per heavy atom. The minimum Gasteiger partial charge on any atom is -0.409 e. The van der Waals surface area contributed by atoms with E-state index < -0.39 is 8.60 Å². The Morgan fingerprint density at radius 3 is 1.04 bits per heavy atom. The molecule has 0 atom stereocenters. The lowest BCUT2D eigenvalue weighted by Gasteiger charge is -2.35. The maximum absolute atomic E-state index is 11.7. The molecule has 3 aliphatic rings. The number of piperazine rings is 3.